The number of methoxy groups -OCH3 is 3. The van der Waals surface area contributed by atoms with Crippen molar-refractivity contribution in [2.24, 2.45) is 0 Å². The van der Waals surface area contributed by atoms with E-state index in [0.717, 1.165) is 33.3 Å². The molecule has 0 bridgehead atoms. The van der Waals surface area contributed by atoms with E-state index >= 15 is 0 Å². The highest BCUT2D eigenvalue weighted by molar-refractivity contribution is 5.91. The number of aromatic nitrogens is 1. The van der Waals surface area contributed by atoms with Gasteiger partial charge in [-0.1, -0.05) is 42.5 Å². The molecule has 0 aliphatic rings. The van der Waals surface area contributed by atoms with Crippen LogP contribution in [0.3, 0.4) is 0 Å². The van der Waals surface area contributed by atoms with Crippen LogP contribution >= 0.6 is 0 Å². The molecule has 4 rings (SSSR count). The van der Waals surface area contributed by atoms with Crippen molar-refractivity contribution in [3.63, 3.8) is 0 Å². The summed E-state index contributed by atoms with van der Waals surface area (Å²) in [5.74, 6) is 1.77. The van der Waals surface area contributed by atoms with Gasteiger partial charge in [0.1, 0.15) is 5.75 Å². The van der Waals surface area contributed by atoms with Crippen molar-refractivity contribution in [1.29, 1.82) is 0 Å². The molecule has 0 aliphatic heterocycles. The number of aromatic amines is 1. The first-order valence-corrected chi connectivity index (χ1v) is 10.8. The molecule has 1 amide bonds. The summed E-state index contributed by atoms with van der Waals surface area (Å²) in [6, 6.07) is 21.5. The van der Waals surface area contributed by atoms with E-state index in [1.165, 1.54) is 0 Å². The first-order valence-electron chi connectivity index (χ1n) is 10.8. The number of nitrogens with one attached hydrogen (secondary N) is 2. The van der Waals surface area contributed by atoms with Gasteiger partial charge in [0.05, 0.1) is 21.3 Å². The third-order valence-corrected chi connectivity index (χ3v) is 5.83. The molecule has 2 N–H and O–H groups in total. The standard InChI is InChI=1S/C27H28N2O4/c1-31-23-13-12-19(14-25(23)33-3)20(15-26(30)29-16-18-8-5-4-6-9-18)21-17-28-22-10-7-11-24(32-2)27(21)22/h4-14,17,20,28H,15-16H2,1-3H3,(H,29,30). The fraction of sp³-hybridized carbons (Fsp3) is 0.222. The van der Waals surface area contributed by atoms with E-state index < -0.39 is 0 Å². The molecular formula is C27H28N2O4. The monoisotopic (exact) mass is 444 g/mol. The second-order valence-corrected chi connectivity index (χ2v) is 7.76. The summed E-state index contributed by atoms with van der Waals surface area (Å²) < 4.78 is 16.6. The molecule has 0 fully saturated rings. The van der Waals surface area contributed by atoms with Crippen molar-refractivity contribution in [2.45, 2.75) is 18.9 Å². The molecule has 1 unspecified atom stereocenters. The van der Waals surface area contributed by atoms with E-state index in [2.05, 4.69) is 10.3 Å². The van der Waals surface area contributed by atoms with E-state index in [1.807, 2.05) is 72.9 Å². The lowest BCUT2D eigenvalue weighted by molar-refractivity contribution is -0.121. The third-order valence-electron chi connectivity index (χ3n) is 5.83. The van der Waals surface area contributed by atoms with Crippen LogP contribution in [0.5, 0.6) is 17.2 Å². The largest absolute Gasteiger partial charge is 0.496 e. The number of amides is 1. The highest BCUT2D eigenvalue weighted by Gasteiger charge is 2.24. The zero-order chi connectivity index (χ0) is 23.2. The third kappa shape index (κ3) is 4.80. The van der Waals surface area contributed by atoms with E-state index in [4.69, 9.17) is 14.2 Å². The van der Waals surface area contributed by atoms with Gasteiger partial charge in [-0.2, -0.15) is 0 Å². The summed E-state index contributed by atoms with van der Waals surface area (Å²) in [5.41, 5.74) is 3.96. The van der Waals surface area contributed by atoms with Gasteiger partial charge in [-0.25, -0.2) is 0 Å². The number of carbonyl (C=O) groups excluding carboxylic acids is 1. The zero-order valence-electron chi connectivity index (χ0n) is 19.1. The normalized spacial score (nSPS) is 11.7. The van der Waals surface area contributed by atoms with Crippen LogP contribution in [0, 0.1) is 0 Å². The summed E-state index contributed by atoms with van der Waals surface area (Å²) in [5, 5.41) is 4.02. The molecule has 1 heterocycles. The Morgan fingerprint density at radius 3 is 2.36 bits per heavy atom. The SMILES string of the molecule is COc1ccc(C(CC(=O)NCc2ccccc2)c2c[nH]c3cccc(OC)c23)cc1OC. The van der Waals surface area contributed by atoms with E-state index in [9.17, 15) is 4.79 Å². The van der Waals surface area contributed by atoms with Crippen LogP contribution in [0.2, 0.25) is 0 Å². The topological polar surface area (TPSA) is 72.6 Å². The quantitative estimate of drug-likeness (QED) is 0.380. The molecule has 6 nitrogen and oxygen atoms in total. The molecular weight excluding hydrogens is 416 g/mol. The predicted molar refractivity (Wildman–Crippen MR) is 129 cm³/mol. The van der Waals surface area contributed by atoms with Gasteiger partial charge in [0, 0.05) is 36.0 Å². The molecule has 0 saturated carbocycles. The van der Waals surface area contributed by atoms with Gasteiger partial charge < -0.3 is 24.5 Å². The Bertz CT molecular complexity index is 1230. The van der Waals surface area contributed by atoms with Crippen LogP contribution in [0.4, 0.5) is 0 Å². The van der Waals surface area contributed by atoms with Crippen LogP contribution in [0.15, 0.2) is 72.9 Å². The zero-order valence-corrected chi connectivity index (χ0v) is 19.1. The van der Waals surface area contributed by atoms with Gasteiger partial charge in [-0.15, -0.1) is 0 Å². The van der Waals surface area contributed by atoms with Crippen LogP contribution < -0.4 is 19.5 Å². The van der Waals surface area contributed by atoms with Crippen LogP contribution in [-0.2, 0) is 11.3 Å². The minimum absolute atomic E-state index is 0.0390. The van der Waals surface area contributed by atoms with E-state index in [1.54, 1.807) is 21.3 Å². The molecule has 0 radical (unpaired) electrons. The number of rotatable bonds is 9. The van der Waals surface area contributed by atoms with E-state index in [-0.39, 0.29) is 18.2 Å². The van der Waals surface area contributed by atoms with Crippen molar-refractivity contribution in [3.05, 3.63) is 89.6 Å². The molecule has 3 aromatic carbocycles. The Hall–Kier alpha value is -3.93. The number of carbonyl (C=O) groups is 1. The highest BCUT2D eigenvalue weighted by Crippen LogP contribution is 2.40. The summed E-state index contributed by atoms with van der Waals surface area (Å²) in [4.78, 5) is 16.4. The molecule has 0 spiro atoms. The predicted octanol–water partition coefficient (Wildman–Crippen LogP) is 5.03. The molecule has 6 heteroatoms. The summed E-state index contributed by atoms with van der Waals surface area (Å²) >= 11 is 0. The summed E-state index contributed by atoms with van der Waals surface area (Å²) in [7, 11) is 4.87. The first-order chi connectivity index (χ1) is 16.1. The lowest BCUT2D eigenvalue weighted by atomic mass is 9.87. The van der Waals surface area contributed by atoms with Gasteiger partial charge in [-0.3, -0.25) is 4.79 Å². The minimum Gasteiger partial charge on any atom is -0.496 e. The number of benzene rings is 3. The lowest BCUT2D eigenvalue weighted by Crippen LogP contribution is -2.25. The van der Waals surface area contributed by atoms with Gasteiger partial charge >= 0.3 is 0 Å². The fourth-order valence-corrected chi connectivity index (χ4v) is 4.15. The molecule has 33 heavy (non-hydrogen) atoms. The maximum Gasteiger partial charge on any atom is 0.221 e. The second kappa shape index (κ2) is 10.1. The Labute approximate surface area is 193 Å². The fourth-order valence-electron chi connectivity index (χ4n) is 4.15. The van der Waals surface area contributed by atoms with Crippen molar-refractivity contribution in [2.75, 3.05) is 21.3 Å². The molecule has 1 aromatic heterocycles. The number of hydrogen-bond acceptors (Lipinski definition) is 4. The van der Waals surface area contributed by atoms with Crippen LogP contribution in [0.1, 0.15) is 29.0 Å². The molecule has 0 aliphatic carbocycles. The molecule has 1 atom stereocenters. The average molecular weight is 445 g/mol. The Balaban J connectivity index is 1.71. The van der Waals surface area contributed by atoms with Gasteiger partial charge in [0.2, 0.25) is 5.91 Å². The van der Waals surface area contributed by atoms with Crippen LogP contribution in [-0.4, -0.2) is 32.2 Å². The maximum atomic E-state index is 13.1. The minimum atomic E-state index is -0.217. The lowest BCUT2D eigenvalue weighted by Gasteiger charge is -2.19. The number of fused-ring (bicyclic) bond motifs is 1. The number of hydrogen-bond donors (Lipinski definition) is 2. The van der Waals surface area contributed by atoms with Gasteiger partial charge in [0.15, 0.2) is 11.5 Å². The number of ether oxygens (including phenoxy) is 3. The van der Waals surface area contributed by atoms with Crippen molar-refractivity contribution in [1.82, 2.24) is 10.3 Å². The van der Waals surface area contributed by atoms with Crippen LogP contribution in [0.25, 0.3) is 10.9 Å². The summed E-state index contributed by atoms with van der Waals surface area (Å²) in [6.07, 6.45) is 2.23. The van der Waals surface area contributed by atoms with Crippen molar-refractivity contribution in [3.8, 4) is 17.2 Å². The van der Waals surface area contributed by atoms with E-state index in [0.29, 0.717) is 18.0 Å². The first kappa shape index (κ1) is 22.3. The summed E-state index contributed by atoms with van der Waals surface area (Å²) in [6.45, 7) is 0.482. The second-order valence-electron chi connectivity index (χ2n) is 7.76. The molecule has 0 saturated heterocycles. The van der Waals surface area contributed by atoms with Crippen molar-refractivity contribution < 1.29 is 19.0 Å². The van der Waals surface area contributed by atoms with Crippen molar-refractivity contribution >= 4 is 16.8 Å². The highest BCUT2D eigenvalue weighted by atomic mass is 16.5. The number of H-pyrrole nitrogens is 1. The maximum absolute atomic E-state index is 13.1. The smallest absolute Gasteiger partial charge is 0.221 e. The van der Waals surface area contributed by atoms with Gasteiger partial charge in [-0.05, 0) is 41.0 Å². The Kier molecular flexibility index (Phi) is 6.83. The Morgan fingerprint density at radius 1 is 0.879 bits per heavy atom. The average Bonchev–Trinajstić information content (AvgIpc) is 3.30. The van der Waals surface area contributed by atoms with Gasteiger partial charge in [0.25, 0.3) is 0 Å². The molecule has 170 valence electrons. The molecule has 4 aromatic rings. The Morgan fingerprint density at radius 2 is 1.64 bits per heavy atom.